The van der Waals surface area contributed by atoms with Gasteiger partial charge in [-0.1, -0.05) is 54.8 Å². The molecule has 0 bridgehead atoms. The summed E-state index contributed by atoms with van der Waals surface area (Å²) in [5.74, 6) is -0.907. The molecule has 3 atom stereocenters. The quantitative estimate of drug-likeness (QED) is 0.484. The van der Waals surface area contributed by atoms with Gasteiger partial charge in [-0.3, -0.25) is 9.69 Å². The van der Waals surface area contributed by atoms with Gasteiger partial charge in [0.25, 0.3) is 0 Å². The van der Waals surface area contributed by atoms with Crippen LogP contribution in [0, 0.1) is 11.8 Å². The molecule has 1 aromatic rings. The van der Waals surface area contributed by atoms with Crippen LogP contribution < -0.4 is 5.32 Å². The second-order valence-corrected chi connectivity index (χ2v) is 9.25. The lowest BCUT2D eigenvalue weighted by atomic mass is 9.96. The van der Waals surface area contributed by atoms with E-state index in [0.29, 0.717) is 34.6 Å². The first kappa shape index (κ1) is 24.0. The highest BCUT2D eigenvalue weighted by Crippen LogP contribution is 2.38. The summed E-state index contributed by atoms with van der Waals surface area (Å²) < 4.78 is 15.2. The van der Waals surface area contributed by atoms with Crippen molar-refractivity contribution in [2.24, 2.45) is 11.8 Å². The number of benzene rings is 1. The second-order valence-electron chi connectivity index (χ2n) is 8.33. The summed E-state index contributed by atoms with van der Waals surface area (Å²) in [6.07, 6.45) is 9.22. The lowest BCUT2D eigenvalue weighted by molar-refractivity contribution is -0.122. The van der Waals surface area contributed by atoms with Gasteiger partial charge >= 0.3 is 0 Å². The summed E-state index contributed by atoms with van der Waals surface area (Å²) in [5.41, 5.74) is 0.562. The highest BCUT2D eigenvalue weighted by atomic mass is 35.5. The Bertz CT molecular complexity index is 852. The van der Waals surface area contributed by atoms with Gasteiger partial charge in [-0.25, -0.2) is 4.39 Å². The Hall–Kier alpha value is -1.66. The fourth-order valence-electron chi connectivity index (χ4n) is 4.70. The first-order chi connectivity index (χ1) is 14.9. The van der Waals surface area contributed by atoms with Crippen LogP contribution >= 0.6 is 23.2 Å². The Morgan fingerprint density at radius 3 is 2.74 bits per heavy atom. The van der Waals surface area contributed by atoms with Crippen molar-refractivity contribution in [1.29, 1.82) is 0 Å². The van der Waals surface area contributed by atoms with Crippen LogP contribution in [0.25, 0.3) is 0 Å². The zero-order valence-corrected chi connectivity index (χ0v) is 19.0. The number of rotatable bonds is 8. The number of nitrogens with zero attached hydrogens (tertiary/aromatic N) is 1. The zero-order chi connectivity index (χ0) is 22.4. The SMILES string of the molecule is C=C(Cl)/C=C\C=C(/F)C1C[C@H](CO)N(CC2CCCC2)C1C(=O)Nc1cccc(Cl)c1. The van der Waals surface area contributed by atoms with Gasteiger partial charge in [0.05, 0.1) is 12.6 Å². The summed E-state index contributed by atoms with van der Waals surface area (Å²) in [6, 6.07) is 5.90. The normalized spacial score (nSPS) is 25.4. The maximum atomic E-state index is 15.2. The number of halogens is 3. The minimum absolute atomic E-state index is 0.119. The number of hydrogen-bond donors (Lipinski definition) is 2. The predicted molar refractivity (Wildman–Crippen MR) is 125 cm³/mol. The van der Waals surface area contributed by atoms with Crippen molar-refractivity contribution in [1.82, 2.24) is 4.90 Å². The molecule has 1 heterocycles. The van der Waals surface area contributed by atoms with Crippen molar-refractivity contribution in [2.75, 3.05) is 18.5 Å². The van der Waals surface area contributed by atoms with Crippen LogP contribution in [0.1, 0.15) is 32.1 Å². The zero-order valence-electron chi connectivity index (χ0n) is 17.4. The molecule has 2 fully saturated rings. The van der Waals surface area contributed by atoms with Gasteiger partial charge in [0, 0.05) is 34.2 Å². The van der Waals surface area contributed by atoms with Crippen molar-refractivity contribution in [3.63, 3.8) is 0 Å². The van der Waals surface area contributed by atoms with E-state index in [2.05, 4.69) is 11.9 Å². The molecule has 2 N–H and O–H groups in total. The van der Waals surface area contributed by atoms with E-state index in [1.54, 1.807) is 24.3 Å². The van der Waals surface area contributed by atoms with Gasteiger partial charge in [0.15, 0.2) is 0 Å². The Labute approximate surface area is 193 Å². The fraction of sp³-hybridized carbons (Fsp3) is 0.458. The molecule has 0 radical (unpaired) electrons. The Morgan fingerprint density at radius 2 is 2.10 bits per heavy atom. The summed E-state index contributed by atoms with van der Waals surface area (Å²) in [5, 5.41) is 13.7. The lowest BCUT2D eigenvalue weighted by Gasteiger charge is -2.32. The standard InChI is InChI=1S/C24H29Cl2FN2O2/c1-16(25)6-4-11-22(27)21-13-20(15-30)29(14-17-7-2-3-8-17)23(21)24(31)28-19-10-5-9-18(26)12-19/h4-6,9-12,17,20-21,23,30H,1-3,7-8,13-15H2,(H,28,31)/b6-4-,22-11-/t20-,21?,23?/m1/s1. The van der Waals surface area contributed by atoms with Crippen LogP contribution in [0.3, 0.4) is 0 Å². The maximum Gasteiger partial charge on any atom is 0.242 e. The van der Waals surface area contributed by atoms with E-state index in [0.717, 1.165) is 12.8 Å². The van der Waals surface area contributed by atoms with Gasteiger partial charge in [-0.15, -0.1) is 0 Å². The van der Waals surface area contributed by atoms with E-state index in [1.807, 2.05) is 4.90 Å². The predicted octanol–water partition coefficient (Wildman–Crippen LogP) is 5.68. The summed E-state index contributed by atoms with van der Waals surface area (Å²) in [4.78, 5) is 15.3. The highest BCUT2D eigenvalue weighted by molar-refractivity contribution is 6.31. The molecule has 1 aliphatic carbocycles. The molecule has 1 amide bonds. The average molecular weight is 467 g/mol. The Kier molecular flexibility index (Phi) is 8.73. The Balaban J connectivity index is 1.87. The number of anilines is 1. The Morgan fingerprint density at radius 1 is 1.35 bits per heavy atom. The molecular formula is C24H29Cl2FN2O2. The van der Waals surface area contributed by atoms with E-state index < -0.39 is 17.8 Å². The highest BCUT2D eigenvalue weighted by Gasteiger charge is 2.47. The van der Waals surface area contributed by atoms with Crippen molar-refractivity contribution in [2.45, 2.75) is 44.2 Å². The average Bonchev–Trinajstić information content (AvgIpc) is 3.35. The van der Waals surface area contributed by atoms with E-state index >= 15 is 4.39 Å². The van der Waals surface area contributed by atoms with E-state index in [-0.39, 0.29) is 18.6 Å². The molecule has 0 spiro atoms. The van der Waals surface area contributed by atoms with Crippen molar-refractivity contribution < 1.29 is 14.3 Å². The molecule has 1 aliphatic heterocycles. The number of aliphatic hydroxyl groups is 1. The number of aliphatic hydroxyl groups excluding tert-OH is 1. The lowest BCUT2D eigenvalue weighted by Crippen LogP contribution is -2.48. The number of carbonyl (C=O) groups is 1. The molecule has 3 rings (SSSR count). The van der Waals surface area contributed by atoms with Gasteiger partial charge in [-0.2, -0.15) is 0 Å². The third-order valence-corrected chi connectivity index (χ3v) is 6.50. The number of hydrogen-bond acceptors (Lipinski definition) is 3. The minimum Gasteiger partial charge on any atom is -0.395 e. The maximum absolute atomic E-state index is 15.2. The van der Waals surface area contributed by atoms with E-state index in [9.17, 15) is 9.90 Å². The minimum atomic E-state index is -0.722. The fourth-order valence-corrected chi connectivity index (χ4v) is 4.96. The van der Waals surface area contributed by atoms with E-state index in [1.165, 1.54) is 31.1 Å². The number of carbonyl (C=O) groups excluding carboxylic acids is 1. The monoisotopic (exact) mass is 466 g/mol. The largest absolute Gasteiger partial charge is 0.395 e. The summed E-state index contributed by atoms with van der Waals surface area (Å²) in [6.45, 7) is 4.11. The second kappa shape index (κ2) is 11.3. The van der Waals surface area contributed by atoms with Crippen molar-refractivity contribution in [3.05, 3.63) is 65.0 Å². The molecule has 4 nitrogen and oxygen atoms in total. The molecule has 2 unspecified atom stereocenters. The molecule has 7 heteroatoms. The third kappa shape index (κ3) is 6.42. The molecule has 1 aromatic carbocycles. The van der Waals surface area contributed by atoms with Crippen LogP contribution in [0.5, 0.6) is 0 Å². The van der Waals surface area contributed by atoms with Gasteiger partial charge < -0.3 is 10.4 Å². The van der Waals surface area contributed by atoms with Crippen LogP contribution in [0.15, 0.2) is 59.9 Å². The smallest absolute Gasteiger partial charge is 0.242 e. The summed E-state index contributed by atoms with van der Waals surface area (Å²) in [7, 11) is 0. The van der Waals surface area contributed by atoms with Gasteiger partial charge in [-0.05, 0) is 55.5 Å². The molecule has 2 aliphatic rings. The molecule has 0 aromatic heterocycles. The summed E-state index contributed by atoms with van der Waals surface area (Å²) >= 11 is 11.8. The number of nitrogens with one attached hydrogen (secondary N) is 1. The van der Waals surface area contributed by atoms with Gasteiger partial charge in [0.2, 0.25) is 5.91 Å². The van der Waals surface area contributed by atoms with E-state index in [4.69, 9.17) is 23.2 Å². The molecule has 31 heavy (non-hydrogen) atoms. The molecule has 1 saturated carbocycles. The van der Waals surface area contributed by atoms with Crippen molar-refractivity contribution >= 4 is 34.8 Å². The van der Waals surface area contributed by atoms with Crippen LogP contribution in [-0.4, -0.2) is 41.1 Å². The van der Waals surface area contributed by atoms with Crippen molar-refractivity contribution in [3.8, 4) is 0 Å². The first-order valence-corrected chi connectivity index (χ1v) is 11.5. The third-order valence-electron chi connectivity index (χ3n) is 6.14. The van der Waals surface area contributed by atoms with Crippen LogP contribution in [0.2, 0.25) is 5.02 Å². The molecular weight excluding hydrogens is 438 g/mol. The topological polar surface area (TPSA) is 52.6 Å². The molecule has 1 saturated heterocycles. The van der Waals surface area contributed by atoms with Gasteiger partial charge in [0.1, 0.15) is 5.83 Å². The van der Waals surface area contributed by atoms with Crippen LogP contribution in [0.4, 0.5) is 10.1 Å². The first-order valence-electron chi connectivity index (χ1n) is 10.7. The van der Waals surface area contributed by atoms with Crippen LogP contribution in [-0.2, 0) is 4.79 Å². The molecule has 168 valence electrons. The number of allylic oxidation sites excluding steroid dienone is 4. The number of likely N-dealkylation sites (tertiary alicyclic amines) is 1. The number of amides is 1.